The molecule has 0 saturated carbocycles. The molecule has 1 aromatic heterocycles. The average molecular weight is 312 g/mol. The highest BCUT2D eigenvalue weighted by molar-refractivity contribution is 5.92. The van der Waals surface area contributed by atoms with Crippen LogP contribution in [-0.4, -0.2) is 28.8 Å². The van der Waals surface area contributed by atoms with Crippen molar-refractivity contribution in [1.29, 1.82) is 0 Å². The number of carbonyl (C=O) groups excluding carboxylic acids is 1. The van der Waals surface area contributed by atoms with Gasteiger partial charge in [-0.05, 0) is 50.4 Å². The molecule has 2 N–H and O–H groups in total. The van der Waals surface area contributed by atoms with Crippen molar-refractivity contribution in [1.82, 2.24) is 20.4 Å². The van der Waals surface area contributed by atoms with Crippen LogP contribution in [0, 0.1) is 6.92 Å². The molecule has 0 radical (unpaired) electrons. The lowest BCUT2D eigenvalue weighted by Gasteiger charge is -2.23. The summed E-state index contributed by atoms with van der Waals surface area (Å²) in [6.45, 7) is 6.05. The number of piperidine rings is 1. The normalized spacial score (nSPS) is 19.3. The molecule has 1 amide bonds. The third-order valence-electron chi connectivity index (χ3n) is 4.49. The fourth-order valence-corrected chi connectivity index (χ4v) is 3.14. The van der Waals surface area contributed by atoms with Crippen LogP contribution >= 0.6 is 0 Å². The molecule has 2 atom stereocenters. The number of hydrogen-bond acceptors (Lipinski definition) is 3. The topological polar surface area (TPSA) is 59.0 Å². The maximum Gasteiger partial charge on any atom is 0.272 e. The standard InChI is InChI=1S/C18H24N4O/c1-13-6-3-4-8-16(13)14(2)20-18(23)17-9-11-22(21-17)15-7-5-10-19-12-15/h3-4,6,8-9,11,14-15,19H,5,7,10,12H2,1-2H3,(H,20,23)/t14-,15+/m0/s1. The fraction of sp³-hybridized carbons (Fsp3) is 0.444. The highest BCUT2D eigenvalue weighted by Crippen LogP contribution is 2.18. The summed E-state index contributed by atoms with van der Waals surface area (Å²) in [6, 6.07) is 10.2. The Bertz CT molecular complexity index is 673. The van der Waals surface area contributed by atoms with Gasteiger partial charge in [0.25, 0.3) is 5.91 Å². The molecule has 1 saturated heterocycles. The smallest absolute Gasteiger partial charge is 0.272 e. The molecule has 3 rings (SSSR count). The van der Waals surface area contributed by atoms with E-state index in [9.17, 15) is 4.79 Å². The van der Waals surface area contributed by atoms with E-state index in [0.717, 1.165) is 31.5 Å². The molecule has 5 nitrogen and oxygen atoms in total. The highest BCUT2D eigenvalue weighted by Gasteiger charge is 2.19. The van der Waals surface area contributed by atoms with E-state index in [1.165, 1.54) is 5.56 Å². The number of nitrogens with zero attached hydrogens (tertiary/aromatic N) is 2. The molecule has 5 heteroatoms. The quantitative estimate of drug-likeness (QED) is 0.912. The second-order valence-corrected chi connectivity index (χ2v) is 6.23. The Kier molecular flexibility index (Phi) is 4.76. The first kappa shape index (κ1) is 15.7. The number of nitrogens with one attached hydrogen (secondary N) is 2. The Hall–Kier alpha value is -2.14. The average Bonchev–Trinajstić information content (AvgIpc) is 3.06. The molecule has 1 aliphatic heterocycles. The molecular formula is C18H24N4O. The van der Waals surface area contributed by atoms with Crippen molar-refractivity contribution < 1.29 is 4.79 Å². The lowest BCUT2D eigenvalue weighted by molar-refractivity contribution is 0.0933. The fourth-order valence-electron chi connectivity index (χ4n) is 3.14. The molecule has 1 aliphatic rings. The number of benzene rings is 1. The van der Waals surface area contributed by atoms with Gasteiger partial charge in [-0.15, -0.1) is 0 Å². The minimum Gasteiger partial charge on any atom is -0.344 e. The van der Waals surface area contributed by atoms with Crippen LogP contribution in [0.15, 0.2) is 36.5 Å². The Morgan fingerprint density at radius 3 is 2.96 bits per heavy atom. The number of aromatic nitrogens is 2. The summed E-state index contributed by atoms with van der Waals surface area (Å²) in [5.41, 5.74) is 2.80. The lowest BCUT2D eigenvalue weighted by Crippen LogP contribution is -2.32. The summed E-state index contributed by atoms with van der Waals surface area (Å²) in [4.78, 5) is 12.4. The van der Waals surface area contributed by atoms with E-state index in [0.29, 0.717) is 11.7 Å². The summed E-state index contributed by atoms with van der Waals surface area (Å²) in [6.07, 6.45) is 4.16. The van der Waals surface area contributed by atoms with Gasteiger partial charge in [-0.2, -0.15) is 5.10 Å². The second-order valence-electron chi connectivity index (χ2n) is 6.23. The van der Waals surface area contributed by atoms with Gasteiger partial charge in [0.05, 0.1) is 12.1 Å². The number of rotatable bonds is 4. The first-order chi connectivity index (χ1) is 11.1. The van der Waals surface area contributed by atoms with Crippen LogP contribution in [0.2, 0.25) is 0 Å². The molecule has 0 unspecified atom stereocenters. The van der Waals surface area contributed by atoms with Gasteiger partial charge < -0.3 is 10.6 Å². The van der Waals surface area contributed by atoms with Crippen LogP contribution in [0.25, 0.3) is 0 Å². The van der Waals surface area contributed by atoms with Crippen LogP contribution in [0.5, 0.6) is 0 Å². The molecule has 1 fully saturated rings. The van der Waals surface area contributed by atoms with Gasteiger partial charge in [0.2, 0.25) is 0 Å². The highest BCUT2D eigenvalue weighted by atomic mass is 16.2. The first-order valence-electron chi connectivity index (χ1n) is 8.27. The summed E-state index contributed by atoms with van der Waals surface area (Å²) >= 11 is 0. The molecule has 0 bridgehead atoms. The minimum absolute atomic E-state index is 0.0369. The number of carbonyl (C=O) groups is 1. The number of amides is 1. The van der Waals surface area contributed by atoms with Crippen molar-refractivity contribution in [2.24, 2.45) is 0 Å². The summed E-state index contributed by atoms with van der Waals surface area (Å²) in [7, 11) is 0. The van der Waals surface area contributed by atoms with Gasteiger partial charge in [0.1, 0.15) is 5.69 Å². The van der Waals surface area contributed by atoms with Crippen molar-refractivity contribution in [2.75, 3.05) is 13.1 Å². The first-order valence-corrected chi connectivity index (χ1v) is 8.27. The zero-order valence-electron chi connectivity index (χ0n) is 13.7. The van der Waals surface area contributed by atoms with E-state index in [-0.39, 0.29) is 11.9 Å². The van der Waals surface area contributed by atoms with Crippen LogP contribution in [-0.2, 0) is 0 Å². The van der Waals surface area contributed by atoms with Gasteiger partial charge in [-0.3, -0.25) is 9.48 Å². The van der Waals surface area contributed by atoms with Gasteiger partial charge >= 0.3 is 0 Å². The molecular weight excluding hydrogens is 288 g/mol. The van der Waals surface area contributed by atoms with Gasteiger partial charge in [-0.25, -0.2) is 0 Å². The largest absolute Gasteiger partial charge is 0.344 e. The van der Waals surface area contributed by atoms with E-state index in [4.69, 9.17) is 0 Å². The molecule has 2 heterocycles. The third-order valence-corrected chi connectivity index (χ3v) is 4.49. The predicted molar refractivity (Wildman–Crippen MR) is 90.4 cm³/mol. The third kappa shape index (κ3) is 3.62. The van der Waals surface area contributed by atoms with Crippen LogP contribution in [0.4, 0.5) is 0 Å². The Balaban J connectivity index is 1.66. The van der Waals surface area contributed by atoms with Gasteiger partial charge in [0.15, 0.2) is 0 Å². The zero-order chi connectivity index (χ0) is 16.2. The Morgan fingerprint density at radius 2 is 2.22 bits per heavy atom. The summed E-state index contributed by atoms with van der Waals surface area (Å²) < 4.78 is 1.92. The van der Waals surface area contributed by atoms with E-state index in [1.807, 2.05) is 36.0 Å². The van der Waals surface area contributed by atoms with Crippen molar-refractivity contribution in [3.8, 4) is 0 Å². The molecule has 23 heavy (non-hydrogen) atoms. The Morgan fingerprint density at radius 1 is 1.39 bits per heavy atom. The summed E-state index contributed by atoms with van der Waals surface area (Å²) in [5, 5.41) is 10.9. The van der Waals surface area contributed by atoms with Crippen molar-refractivity contribution >= 4 is 5.91 Å². The van der Waals surface area contributed by atoms with Gasteiger partial charge in [0, 0.05) is 12.7 Å². The molecule has 0 spiro atoms. The zero-order valence-corrected chi connectivity index (χ0v) is 13.7. The predicted octanol–water partition coefficient (Wildman–Crippen LogP) is 2.61. The number of hydrogen-bond donors (Lipinski definition) is 2. The van der Waals surface area contributed by atoms with Crippen LogP contribution < -0.4 is 10.6 Å². The van der Waals surface area contributed by atoms with Crippen molar-refractivity contribution in [3.63, 3.8) is 0 Å². The molecule has 0 aliphatic carbocycles. The van der Waals surface area contributed by atoms with Crippen LogP contribution in [0.1, 0.15) is 53.5 Å². The number of aryl methyl sites for hydroxylation is 1. The summed E-state index contributed by atoms with van der Waals surface area (Å²) in [5.74, 6) is -0.122. The van der Waals surface area contributed by atoms with E-state index < -0.39 is 0 Å². The molecule has 2 aromatic rings. The molecule has 122 valence electrons. The molecule has 1 aromatic carbocycles. The van der Waals surface area contributed by atoms with E-state index in [2.05, 4.69) is 28.7 Å². The minimum atomic E-state index is -0.122. The van der Waals surface area contributed by atoms with E-state index >= 15 is 0 Å². The Labute approximate surface area is 137 Å². The maximum absolute atomic E-state index is 12.4. The monoisotopic (exact) mass is 312 g/mol. The lowest BCUT2D eigenvalue weighted by atomic mass is 10.0. The second kappa shape index (κ2) is 6.96. The van der Waals surface area contributed by atoms with Crippen molar-refractivity contribution in [3.05, 3.63) is 53.3 Å². The van der Waals surface area contributed by atoms with Crippen molar-refractivity contribution in [2.45, 2.75) is 38.8 Å². The maximum atomic E-state index is 12.4. The van der Waals surface area contributed by atoms with Gasteiger partial charge in [-0.1, -0.05) is 24.3 Å². The van der Waals surface area contributed by atoms with E-state index in [1.54, 1.807) is 6.07 Å². The van der Waals surface area contributed by atoms with Crippen LogP contribution in [0.3, 0.4) is 0 Å². The SMILES string of the molecule is Cc1ccccc1[C@H](C)NC(=O)c1ccn([C@@H]2CCCNC2)n1.